The Morgan fingerprint density at radius 3 is 0.898 bits per heavy atom. The minimum absolute atomic E-state index is 0.0622. The van der Waals surface area contributed by atoms with Crippen molar-refractivity contribution in [2.24, 2.45) is 0 Å². The first-order valence-corrected chi connectivity index (χ1v) is 22.6. The molecule has 0 bridgehead atoms. The van der Waals surface area contributed by atoms with E-state index in [1.807, 2.05) is 0 Å². The summed E-state index contributed by atoms with van der Waals surface area (Å²) in [5.41, 5.74) is 0.368. The van der Waals surface area contributed by atoms with Crippen LogP contribution in [-0.4, -0.2) is 173 Å². The largest absolute Gasteiger partial charge is 0.460 e. The second-order valence-corrected chi connectivity index (χ2v) is 18.5. The lowest BCUT2D eigenvalue weighted by atomic mass is 10.2. The lowest BCUT2D eigenvalue weighted by molar-refractivity contribution is -0.140. The third kappa shape index (κ3) is 25.0. The first-order valence-electron chi connectivity index (χ1n) is 20.7. The standard InChI is InChI=1S/C44H72O14Si/c1-40(2)43(45)57-38-36-55-34-32-53-30-28-51-26-24-49-22-20-47-18-16-46-17-19-48-21-23-50-25-27-52-29-31-54-33-35-56-37-39-58-59(44(3,4)5,41-12-8-6-9-13-41)42-14-10-7-11-15-42/h6-15H,1,16-39H2,2-5H3. The molecule has 336 valence electrons. The average molecular weight is 853 g/mol. The quantitative estimate of drug-likeness (QED) is 0.0416. The number of hydrogen-bond donors (Lipinski definition) is 0. The number of esters is 1. The second-order valence-electron chi connectivity index (χ2n) is 14.2. The van der Waals surface area contributed by atoms with Crippen molar-refractivity contribution in [1.29, 1.82) is 0 Å². The van der Waals surface area contributed by atoms with E-state index in [0.29, 0.717) is 158 Å². The average Bonchev–Trinajstić information content (AvgIpc) is 3.23. The summed E-state index contributed by atoms with van der Waals surface area (Å²) in [5.74, 6) is -0.414. The summed E-state index contributed by atoms with van der Waals surface area (Å²) >= 11 is 0. The van der Waals surface area contributed by atoms with Gasteiger partial charge in [-0.3, -0.25) is 0 Å². The van der Waals surface area contributed by atoms with Gasteiger partial charge in [0.05, 0.1) is 152 Å². The molecule has 0 amide bonds. The van der Waals surface area contributed by atoms with E-state index in [1.54, 1.807) is 6.92 Å². The van der Waals surface area contributed by atoms with E-state index in [2.05, 4.69) is 88.0 Å². The number of ether oxygens (including phenoxy) is 12. The zero-order chi connectivity index (χ0) is 42.5. The van der Waals surface area contributed by atoms with E-state index in [9.17, 15) is 4.79 Å². The maximum atomic E-state index is 11.2. The van der Waals surface area contributed by atoms with Crippen LogP contribution in [0.2, 0.25) is 5.04 Å². The van der Waals surface area contributed by atoms with Crippen LogP contribution >= 0.6 is 0 Å². The molecule has 0 N–H and O–H groups in total. The van der Waals surface area contributed by atoms with Crippen molar-refractivity contribution in [1.82, 2.24) is 0 Å². The van der Waals surface area contributed by atoms with Crippen molar-refractivity contribution in [3.8, 4) is 0 Å². The molecule has 0 aliphatic rings. The predicted molar refractivity (Wildman–Crippen MR) is 228 cm³/mol. The minimum atomic E-state index is -2.55. The number of carbonyl (C=O) groups excluding carboxylic acids is 1. The molecular formula is C44H72O14Si. The molecule has 0 aliphatic heterocycles. The summed E-state index contributed by atoms with van der Waals surface area (Å²) in [6, 6.07) is 21.3. The van der Waals surface area contributed by atoms with Gasteiger partial charge in [-0.1, -0.05) is 88.0 Å². The van der Waals surface area contributed by atoms with Gasteiger partial charge in [-0.15, -0.1) is 0 Å². The number of rotatable bonds is 40. The molecule has 0 saturated heterocycles. The molecule has 2 aromatic carbocycles. The zero-order valence-corrected chi connectivity index (χ0v) is 37.2. The Hall–Kier alpha value is -2.61. The van der Waals surface area contributed by atoms with Crippen molar-refractivity contribution < 1.29 is 66.1 Å². The SMILES string of the molecule is C=C(C)C(=O)OCCOCCOCCOCCOCCOCCOCCOCCOCCOCCOCCOCCO[Si](c1ccccc1)(c1ccccc1)C(C)(C)C. The molecular weight excluding hydrogens is 781 g/mol. The zero-order valence-electron chi connectivity index (χ0n) is 36.2. The van der Waals surface area contributed by atoms with Gasteiger partial charge >= 0.3 is 5.97 Å². The van der Waals surface area contributed by atoms with Gasteiger partial charge in [0.25, 0.3) is 8.32 Å². The molecule has 0 aliphatic carbocycles. The van der Waals surface area contributed by atoms with Crippen LogP contribution in [0, 0.1) is 0 Å². The Labute approximate surface area is 354 Å². The van der Waals surface area contributed by atoms with Crippen molar-refractivity contribution in [2.45, 2.75) is 32.7 Å². The number of carbonyl (C=O) groups is 1. The molecule has 59 heavy (non-hydrogen) atoms. The van der Waals surface area contributed by atoms with Crippen LogP contribution in [-0.2, 0) is 66.1 Å². The van der Waals surface area contributed by atoms with E-state index in [-0.39, 0.29) is 11.6 Å². The molecule has 0 spiro atoms. The minimum Gasteiger partial charge on any atom is -0.460 e. The summed E-state index contributed by atoms with van der Waals surface area (Å²) < 4.78 is 72.6. The van der Waals surface area contributed by atoms with E-state index in [0.717, 1.165) is 0 Å². The molecule has 0 heterocycles. The maximum absolute atomic E-state index is 11.2. The van der Waals surface area contributed by atoms with Gasteiger partial charge in [-0.05, 0) is 22.3 Å². The van der Waals surface area contributed by atoms with Crippen LogP contribution in [0.15, 0.2) is 72.8 Å². The molecule has 0 radical (unpaired) electrons. The van der Waals surface area contributed by atoms with Gasteiger partial charge in [0.1, 0.15) is 6.61 Å². The molecule has 14 nitrogen and oxygen atoms in total. The lowest BCUT2D eigenvalue weighted by Gasteiger charge is -2.43. The fraction of sp³-hybridized carbons (Fsp3) is 0.659. The van der Waals surface area contributed by atoms with Gasteiger partial charge in [-0.2, -0.15) is 0 Å². The molecule has 0 aromatic heterocycles. The number of hydrogen-bond acceptors (Lipinski definition) is 14. The molecule has 0 fully saturated rings. The monoisotopic (exact) mass is 852 g/mol. The maximum Gasteiger partial charge on any atom is 0.333 e. The summed E-state index contributed by atoms with van der Waals surface area (Å²) in [6.45, 7) is 23.1. The van der Waals surface area contributed by atoms with Gasteiger partial charge in [0, 0.05) is 5.57 Å². The third-order valence-electron chi connectivity index (χ3n) is 8.49. The molecule has 2 rings (SSSR count). The summed E-state index contributed by atoms with van der Waals surface area (Å²) in [6.07, 6.45) is 0. The van der Waals surface area contributed by atoms with Crippen LogP contribution in [0.4, 0.5) is 0 Å². The topological polar surface area (TPSA) is 137 Å². The fourth-order valence-corrected chi connectivity index (χ4v) is 10.2. The van der Waals surface area contributed by atoms with Gasteiger partial charge in [0.2, 0.25) is 0 Å². The summed E-state index contributed by atoms with van der Waals surface area (Å²) in [4.78, 5) is 11.2. The second kappa shape index (κ2) is 35.0. The summed E-state index contributed by atoms with van der Waals surface area (Å²) in [7, 11) is -2.55. The molecule has 0 unspecified atom stereocenters. The Bertz CT molecular complexity index is 1240. The van der Waals surface area contributed by atoms with Crippen molar-refractivity contribution >= 4 is 24.7 Å². The van der Waals surface area contributed by atoms with Crippen LogP contribution in [0.25, 0.3) is 0 Å². The van der Waals surface area contributed by atoms with Crippen molar-refractivity contribution in [3.05, 3.63) is 72.8 Å². The lowest BCUT2D eigenvalue weighted by Crippen LogP contribution is -2.66. The van der Waals surface area contributed by atoms with E-state index in [1.165, 1.54) is 10.4 Å². The van der Waals surface area contributed by atoms with Crippen LogP contribution in [0.1, 0.15) is 27.7 Å². The van der Waals surface area contributed by atoms with E-state index in [4.69, 9.17) is 61.3 Å². The molecule has 0 atom stereocenters. The molecule has 0 saturated carbocycles. The predicted octanol–water partition coefficient (Wildman–Crippen LogP) is 3.86. The Morgan fingerprint density at radius 2 is 0.661 bits per heavy atom. The smallest absolute Gasteiger partial charge is 0.333 e. The van der Waals surface area contributed by atoms with E-state index >= 15 is 0 Å². The molecule has 2 aromatic rings. The third-order valence-corrected chi connectivity index (χ3v) is 13.5. The highest BCUT2D eigenvalue weighted by molar-refractivity contribution is 6.99. The van der Waals surface area contributed by atoms with Crippen LogP contribution in [0.5, 0.6) is 0 Å². The Morgan fingerprint density at radius 1 is 0.424 bits per heavy atom. The first kappa shape index (κ1) is 52.5. The van der Waals surface area contributed by atoms with Gasteiger partial charge in [-0.25, -0.2) is 4.79 Å². The number of benzene rings is 2. The van der Waals surface area contributed by atoms with Gasteiger partial charge < -0.3 is 61.3 Å². The van der Waals surface area contributed by atoms with Crippen LogP contribution in [0.3, 0.4) is 0 Å². The highest BCUT2D eigenvalue weighted by Crippen LogP contribution is 2.36. The highest BCUT2D eigenvalue weighted by atomic mass is 28.4. The first-order chi connectivity index (χ1) is 28.8. The van der Waals surface area contributed by atoms with Gasteiger partial charge in [0.15, 0.2) is 0 Å². The Kier molecular flexibility index (Phi) is 31.2. The summed E-state index contributed by atoms with van der Waals surface area (Å²) in [5, 5.41) is 2.46. The van der Waals surface area contributed by atoms with E-state index < -0.39 is 14.3 Å². The van der Waals surface area contributed by atoms with Crippen molar-refractivity contribution in [2.75, 3.05) is 159 Å². The molecule has 15 heteroatoms. The Balaban J connectivity index is 1.27. The van der Waals surface area contributed by atoms with Crippen molar-refractivity contribution in [3.63, 3.8) is 0 Å². The normalized spacial score (nSPS) is 11.9. The highest BCUT2D eigenvalue weighted by Gasteiger charge is 2.50. The van der Waals surface area contributed by atoms with Crippen LogP contribution < -0.4 is 10.4 Å². The fourth-order valence-electron chi connectivity index (χ4n) is 5.63.